The van der Waals surface area contributed by atoms with E-state index >= 15 is 0 Å². The van der Waals surface area contributed by atoms with Crippen molar-refractivity contribution in [1.29, 1.82) is 0 Å². The maximum Gasteiger partial charge on any atom is 0.0893 e. The van der Waals surface area contributed by atoms with Gasteiger partial charge in [-0.15, -0.1) is 5.10 Å². The first-order valence-electron chi connectivity index (χ1n) is 8.64. The predicted molar refractivity (Wildman–Crippen MR) is 93.1 cm³/mol. The Morgan fingerprint density at radius 3 is 2.91 bits per heavy atom. The molecule has 0 amide bonds. The number of hydrogen-bond donors (Lipinski definition) is 1. The predicted octanol–water partition coefficient (Wildman–Crippen LogP) is 2.93. The molecule has 1 aliphatic carbocycles. The van der Waals surface area contributed by atoms with Gasteiger partial charge in [0.05, 0.1) is 5.69 Å². The summed E-state index contributed by atoms with van der Waals surface area (Å²) >= 11 is 1.44. The van der Waals surface area contributed by atoms with Crippen molar-refractivity contribution in [2.75, 3.05) is 13.1 Å². The van der Waals surface area contributed by atoms with Crippen LogP contribution in [0, 0.1) is 11.8 Å². The lowest BCUT2D eigenvalue weighted by atomic mass is 9.78. The minimum absolute atomic E-state index is 0.635. The zero-order valence-electron chi connectivity index (χ0n) is 13.4. The maximum absolute atomic E-state index is 4.15. The van der Waals surface area contributed by atoms with Crippen molar-refractivity contribution >= 4 is 11.5 Å². The minimum atomic E-state index is 0.635. The summed E-state index contributed by atoms with van der Waals surface area (Å²) in [4.78, 5) is 2.65. The van der Waals surface area contributed by atoms with Gasteiger partial charge in [0, 0.05) is 37.6 Å². The number of nitrogens with zero attached hydrogens (tertiary/aromatic N) is 3. The lowest BCUT2D eigenvalue weighted by molar-refractivity contribution is 0.221. The quantitative estimate of drug-likeness (QED) is 0.916. The van der Waals surface area contributed by atoms with Crippen LogP contribution in [0.4, 0.5) is 0 Å². The van der Waals surface area contributed by atoms with E-state index in [1.165, 1.54) is 49.4 Å². The van der Waals surface area contributed by atoms with Crippen LogP contribution in [0.2, 0.25) is 0 Å². The normalized spacial score (nSPS) is 27.9. The highest BCUT2D eigenvalue weighted by atomic mass is 32.1. The van der Waals surface area contributed by atoms with Crippen molar-refractivity contribution in [2.24, 2.45) is 11.8 Å². The van der Waals surface area contributed by atoms with Crippen molar-refractivity contribution in [3.05, 3.63) is 47.0 Å². The molecule has 1 saturated carbocycles. The molecule has 23 heavy (non-hydrogen) atoms. The van der Waals surface area contributed by atoms with Crippen LogP contribution < -0.4 is 5.32 Å². The van der Waals surface area contributed by atoms with Gasteiger partial charge in [-0.3, -0.25) is 4.90 Å². The summed E-state index contributed by atoms with van der Waals surface area (Å²) in [6.07, 6.45) is 4.05. The lowest BCUT2D eigenvalue weighted by Crippen LogP contribution is -2.42. The van der Waals surface area contributed by atoms with E-state index in [0.717, 1.165) is 30.6 Å². The van der Waals surface area contributed by atoms with Gasteiger partial charge in [-0.05, 0) is 41.8 Å². The van der Waals surface area contributed by atoms with Crippen molar-refractivity contribution < 1.29 is 0 Å². The second kappa shape index (κ2) is 7.07. The molecule has 1 aromatic carbocycles. The third-order valence-corrected chi connectivity index (χ3v) is 5.93. The lowest BCUT2D eigenvalue weighted by Gasteiger charge is -2.33. The number of likely N-dealkylation sites (tertiary alicyclic amines) is 1. The van der Waals surface area contributed by atoms with Crippen LogP contribution in [-0.2, 0) is 13.1 Å². The summed E-state index contributed by atoms with van der Waals surface area (Å²) in [5, 5.41) is 9.96. The molecule has 2 aromatic rings. The Balaban J connectivity index is 1.36. The highest BCUT2D eigenvalue weighted by Gasteiger charge is 2.39. The standard InChI is InChI=1S/C18H24N4S/c1-2-5-14(6-3-1)10-22-11-15-7-4-8-18(17(15)12-22)19-9-16-13-23-21-20-16/h1-3,5-6,13,15,17-19H,4,7-12H2/t15-,17+,18+/m0/s1. The molecule has 1 aliphatic heterocycles. The molecule has 3 atom stereocenters. The minimum Gasteiger partial charge on any atom is -0.308 e. The molecule has 0 radical (unpaired) electrons. The molecule has 0 bridgehead atoms. The molecule has 2 aliphatic rings. The molecule has 0 spiro atoms. The maximum atomic E-state index is 4.15. The molecule has 5 heteroatoms. The van der Waals surface area contributed by atoms with E-state index in [1.54, 1.807) is 0 Å². The van der Waals surface area contributed by atoms with Gasteiger partial charge in [-0.1, -0.05) is 41.2 Å². The summed E-state index contributed by atoms with van der Waals surface area (Å²) in [7, 11) is 0. The summed E-state index contributed by atoms with van der Waals surface area (Å²) < 4.78 is 3.95. The van der Waals surface area contributed by atoms with E-state index in [-0.39, 0.29) is 0 Å². The number of fused-ring (bicyclic) bond motifs is 1. The first-order valence-corrected chi connectivity index (χ1v) is 9.48. The molecule has 122 valence electrons. The summed E-state index contributed by atoms with van der Waals surface area (Å²) in [6, 6.07) is 11.5. The molecular formula is C18H24N4S. The highest BCUT2D eigenvalue weighted by molar-refractivity contribution is 7.03. The fourth-order valence-corrected chi connectivity index (χ4v) is 4.74. The van der Waals surface area contributed by atoms with Crippen LogP contribution in [0.25, 0.3) is 0 Å². The molecule has 2 fully saturated rings. The highest BCUT2D eigenvalue weighted by Crippen LogP contribution is 2.37. The van der Waals surface area contributed by atoms with Crippen molar-refractivity contribution in [3.63, 3.8) is 0 Å². The number of hydrogen-bond acceptors (Lipinski definition) is 5. The third kappa shape index (κ3) is 3.62. The Kier molecular flexibility index (Phi) is 4.69. The smallest absolute Gasteiger partial charge is 0.0893 e. The van der Waals surface area contributed by atoms with Crippen molar-refractivity contribution in [3.8, 4) is 0 Å². The van der Waals surface area contributed by atoms with E-state index in [4.69, 9.17) is 0 Å². The van der Waals surface area contributed by atoms with Crippen molar-refractivity contribution in [1.82, 2.24) is 19.8 Å². The van der Waals surface area contributed by atoms with Gasteiger partial charge >= 0.3 is 0 Å². The Hall–Kier alpha value is -1.30. The fourth-order valence-electron chi connectivity index (χ4n) is 4.28. The summed E-state index contributed by atoms with van der Waals surface area (Å²) in [6.45, 7) is 4.45. The second-order valence-electron chi connectivity index (χ2n) is 6.92. The van der Waals surface area contributed by atoms with Crippen LogP contribution in [0.1, 0.15) is 30.5 Å². The molecule has 4 nitrogen and oxygen atoms in total. The molecule has 0 unspecified atom stereocenters. The summed E-state index contributed by atoms with van der Waals surface area (Å²) in [5.74, 6) is 1.65. The van der Waals surface area contributed by atoms with E-state index in [0.29, 0.717) is 6.04 Å². The molecule has 1 aromatic heterocycles. The zero-order chi connectivity index (χ0) is 15.5. The third-order valence-electron chi connectivity index (χ3n) is 5.37. The Bertz CT molecular complexity index is 601. The van der Waals surface area contributed by atoms with Crippen LogP contribution in [0.15, 0.2) is 35.7 Å². The van der Waals surface area contributed by atoms with Crippen LogP contribution in [-0.4, -0.2) is 33.6 Å². The Morgan fingerprint density at radius 1 is 1.17 bits per heavy atom. The van der Waals surface area contributed by atoms with E-state index < -0.39 is 0 Å². The van der Waals surface area contributed by atoms with Gasteiger partial charge in [0.1, 0.15) is 0 Å². The number of rotatable bonds is 5. The Morgan fingerprint density at radius 2 is 2.09 bits per heavy atom. The van der Waals surface area contributed by atoms with Crippen LogP contribution >= 0.6 is 11.5 Å². The van der Waals surface area contributed by atoms with E-state index in [9.17, 15) is 0 Å². The van der Waals surface area contributed by atoms with Crippen molar-refractivity contribution in [2.45, 2.75) is 38.4 Å². The first-order chi connectivity index (χ1) is 11.4. The largest absolute Gasteiger partial charge is 0.308 e. The zero-order valence-corrected chi connectivity index (χ0v) is 14.2. The fraction of sp³-hybridized carbons (Fsp3) is 0.556. The van der Waals surface area contributed by atoms with E-state index in [1.807, 2.05) is 5.38 Å². The summed E-state index contributed by atoms with van der Waals surface area (Å²) in [5.41, 5.74) is 2.51. The number of benzene rings is 1. The molecule has 1 saturated heterocycles. The number of nitrogens with one attached hydrogen (secondary N) is 1. The average molecular weight is 328 g/mol. The van der Waals surface area contributed by atoms with Gasteiger partial charge in [-0.2, -0.15) is 0 Å². The Labute approximate surface area is 142 Å². The average Bonchev–Trinajstić information content (AvgIpc) is 3.23. The second-order valence-corrected chi connectivity index (χ2v) is 7.53. The first kappa shape index (κ1) is 15.2. The molecule has 1 N–H and O–H groups in total. The van der Waals surface area contributed by atoms with Gasteiger partial charge in [0.15, 0.2) is 0 Å². The monoisotopic (exact) mass is 328 g/mol. The van der Waals surface area contributed by atoms with Gasteiger partial charge in [0.25, 0.3) is 0 Å². The number of aromatic nitrogens is 2. The van der Waals surface area contributed by atoms with Crippen LogP contribution in [0.5, 0.6) is 0 Å². The van der Waals surface area contributed by atoms with Gasteiger partial charge in [-0.25, -0.2) is 0 Å². The van der Waals surface area contributed by atoms with Gasteiger partial charge < -0.3 is 5.32 Å². The molecular weight excluding hydrogens is 304 g/mol. The SMILES string of the molecule is c1ccc(CN2C[C@@H]3CCC[C@@H](NCc4csnn4)[C@@H]3C2)cc1. The van der Waals surface area contributed by atoms with Gasteiger partial charge in [0.2, 0.25) is 0 Å². The van der Waals surface area contributed by atoms with Crippen LogP contribution in [0.3, 0.4) is 0 Å². The molecule has 4 rings (SSSR count). The molecule has 2 heterocycles. The topological polar surface area (TPSA) is 41.0 Å². The van der Waals surface area contributed by atoms with E-state index in [2.05, 4.69) is 50.1 Å².